The normalized spacial score (nSPS) is 15.5. The molecule has 3 rings (SSSR count). The highest BCUT2D eigenvalue weighted by molar-refractivity contribution is 5.93. The molecular weight excluding hydrogens is 318 g/mol. The van der Waals surface area contributed by atoms with E-state index >= 15 is 0 Å². The van der Waals surface area contributed by atoms with Crippen LogP contribution in [0.25, 0.3) is 0 Å². The number of anilines is 2. The Morgan fingerprint density at radius 3 is 2.72 bits per heavy atom. The minimum absolute atomic E-state index is 0.0924. The van der Waals surface area contributed by atoms with Crippen LogP contribution in [-0.2, 0) is 4.79 Å². The molecule has 1 aliphatic heterocycles. The first-order chi connectivity index (χ1) is 12.0. The second-order valence-corrected chi connectivity index (χ2v) is 6.04. The maximum Gasteiger partial charge on any atom is 0.319 e. The second kappa shape index (κ2) is 7.25. The van der Waals surface area contributed by atoms with Crippen molar-refractivity contribution in [2.24, 2.45) is 0 Å². The lowest BCUT2D eigenvalue weighted by Gasteiger charge is -2.26. The summed E-state index contributed by atoms with van der Waals surface area (Å²) in [5.41, 5.74) is 3.21. The first kappa shape index (κ1) is 16.8. The summed E-state index contributed by atoms with van der Waals surface area (Å²) in [5.74, 6) is 0.658. The standard InChI is InChI=1S/C19H21N3O3/c1-12-7-8-14(11-17(12)20-13(2)23)21-19(24)22-16-9-10-25-18-6-4-3-5-15(16)18/h3-8,11,16H,9-10H2,1-2H3,(H,20,23)(H2,21,22,24). The zero-order valence-electron chi connectivity index (χ0n) is 14.3. The molecule has 0 aromatic heterocycles. The molecule has 0 radical (unpaired) electrons. The van der Waals surface area contributed by atoms with E-state index in [1.165, 1.54) is 6.92 Å². The van der Waals surface area contributed by atoms with Crippen LogP contribution < -0.4 is 20.7 Å². The minimum atomic E-state index is -0.292. The number of hydrogen-bond acceptors (Lipinski definition) is 3. The number of ether oxygens (including phenoxy) is 1. The molecule has 6 nitrogen and oxygen atoms in total. The number of amides is 3. The van der Waals surface area contributed by atoms with Crippen LogP contribution in [0.15, 0.2) is 42.5 Å². The fourth-order valence-electron chi connectivity index (χ4n) is 2.84. The van der Waals surface area contributed by atoms with Crippen LogP contribution in [0.1, 0.15) is 30.5 Å². The van der Waals surface area contributed by atoms with Crippen LogP contribution in [0, 0.1) is 6.92 Å². The fraction of sp³-hybridized carbons (Fsp3) is 0.263. The molecule has 2 aromatic carbocycles. The molecule has 1 heterocycles. The van der Waals surface area contributed by atoms with E-state index in [2.05, 4.69) is 16.0 Å². The lowest BCUT2D eigenvalue weighted by atomic mass is 10.0. The zero-order valence-corrected chi connectivity index (χ0v) is 14.3. The molecule has 1 aliphatic rings. The first-order valence-electron chi connectivity index (χ1n) is 8.20. The first-order valence-corrected chi connectivity index (χ1v) is 8.20. The summed E-state index contributed by atoms with van der Waals surface area (Å²) in [6, 6.07) is 12.7. The Labute approximate surface area is 146 Å². The molecular formula is C19H21N3O3. The largest absolute Gasteiger partial charge is 0.493 e. The van der Waals surface area contributed by atoms with Gasteiger partial charge in [0, 0.05) is 30.3 Å². The lowest BCUT2D eigenvalue weighted by Crippen LogP contribution is -2.35. The maximum absolute atomic E-state index is 12.4. The van der Waals surface area contributed by atoms with Gasteiger partial charge in [-0.05, 0) is 30.7 Å². The molecule has 6 heteroatoms. The number of rotatable bonds is 3. The Morgan fingerprint density at radius 2 is 1.92 bits per heavy atom. The Bertz CT molecular complexity index is 804. The number of para-hydroxylation sites is 1. The van der Waals surface area contributed by atoms with Gasteiger partial charge in [-0.15, -0.1) is 0 Å². The molecule has 1 atom stereocenters. The van der Waals surface area contributed by atoms with Gasteiger partial charge in [0.1, 0.15) is 5.75 Å². The Kier molecular flexibility index (Phi) is 4.88. The summed E-state index contributed by atoms with van der Waals surface area (Å²) in [4.78, 5) is 23.6. The van der Waals surface area contributed by atoms with E-state index in [0.717, 1.165) is 23.3 Å². The molecule has 0 saturated heterocycles. The average Bonchev–Trinajstić information content (AvgIpc) is 2.58. The summed E-state index contributed by atoms with van der Waals surface area (Å²) in [6.07, 6.45) is 0.718. The van der Waals surface area contributed by atoms with Gasteiger partial charge in [0.2, 0.25) is 5.91 Å². The number of urea groups is 1. The molecule has 3 N–H and O–H groups in total. The fourth-order valence-corrected chi connectivity index (χ4v) is 2.84. The van der Waals surface area contributed by atoms with E-state index < -0.39 is 0 Å². The van der Waals surface area contributed by atoms with Gasteiger partial charge in [0.05, 0.1) is 12.6 Å². The topological polar surface area (TPSA) is 79.5 Å². The van der Waals surface area contributed by atoms with Crippen LogP contribution in [0.5, 0.6) is 5.75 Å². The average molecular weight is 339 g/mol. The predicted octanol–water partition coefficient (Wildman–Crippen LogP) is 3.60. The monoisotopic (exact) mass is 339 g/mol. The number of aryl methyl sites for hydroxylation is 1. The van der Waals surface area contributed by atoms with Gasteiger partial charge in [-0.25, -0.2) is 4.79 Å². The number of benzene rings is 2. The SMILES string of the molecule is CC(=O)Nc1cc(NC(=O)NC2CCOc3ccccc32)ccc1C. The summed E-state index contributed by atoms with van der Waals surface area (Å²) >= 11 is 0. The van der Waals surface area contributed by atoms with E-state index in [0.29, 0.717) is 18.0 Å². The summed E-state index contributed by atoms with van der Waals surface area (Å²) < 4.78 is 5.61. The quantitative estimate of drug-likeness (QED) is 0.799. The number of fused-ring (bicyclic) bond motifs is 1. The zero-order chi connectivity index (χ0) is 17.8. The number of nitrogens with one attached hydrogen (secondary N) is 3. The van der Waals surface area contributed by atoms with E-state index in [4.69, 9.17) is 4.74 Å². The molecule has 25 heavy (non-hydrogen) atoms. The van der Waals surface area contributed by atoms with Crippen LogP contribution in [-0.4, -0.2) is 18.5 Å². The van der Waals surface area contributed by atoms with E-state index in [9.17, 15) is 9.59 Å². The van der Waals surface area contributed by atoms with Gasteiger partial charge in [0.15, 0.2) is 0 Å². The summed E-state index contributed by atoms with van der Waals surface area (Å²) in [7, 11) is 0. The van der Waals surface area contributed by atoms with Crippen LogP contribution in [0.4, 0.5) is 16.2 Å². The highest BCUT2D eigenvalue weighted by Crippen LogP contribution is 2.31. The third-order valence-electron chi connectivity index (χ3n) is 4.07. The molecule has 0 saturated carbocycles. The van der Waals surface area contributed by atoms with Gasteiger partial charge in [-0.2, -0.15) is 0 Å². The van der Waals surface area contributed by atoms with E-state index in [1.54, 1.807) is 12.1 Å². The van der Waals surface area contributed by atoms with E-state index in [1.807, 2.05) is 37.3 Å². The third kappa shape index (κ3) is 4.09. The molecule has 0 bridgehead atoms. The second-order valence-electron chi connectivity index (χ2n) is 6.04. The molecule has 1 unspecified atom stereocenters. The third-order valence-corrected chi connectivity index (χ3v) is 4.07. The minimum Gasteiger partial charge on any atom is -0.493 e. The molecule has 3 amide bonds. The van der Waals surface area contributed by atoms with Crippen LogP contribution in [0.3, 0.4) is 0 Å². The van der Waals surface area contributed by atoms with Crippen molar-refractivity contribution in [3.8, 4) is 5.75 Å². The van der Waals surface area contributed by atoms with Crippen LogP contribution >= 0.6 is 0 Å². The number of hydrogen-bond donors (Lipinski definition) is 3. The lowest BCUT2D eigenvalue weighted by molar-refractivity contribution is -0.114. The summed E-state index contributed by atoms with van der Waals surface area (Å²) in [5, 5.41) is 8.55. The van der Waals surface area contributed by atoms with Gasteiger partial charge >= 0.3 is 6.03 Å². The molecule has 0 aliphatic carbocycles. The van der Waals surface area contributed by atoms with Crippen molar-refractivity contribution in [1.82, 2.24) is 5.32 Å². The highest BCUT2D eigenvalue weighted by Gasteiger charge is 2.22. The van der Waals surface area contributed by atoms with Crippen molar-refractivity contribution < 1.29 is 14.3 Å². The molecule has 0 spiro atoms. The molecule has 2 aromatic rings. The maximum atomic E-state index is 12.4. The van der Waals surface area contributed by atoms with Crippen molar-refractivity contribution in [2.45, 2.75) is 26.3 Å². The van der Waals surface area contributed by atoms with E-state index in [-0.39, 0.29) is 18.0 Å². The Hall–Kier alpha value is -3.02. The van der Waals surface area contributed by atoms with Crippen molar-refractivity contribution in [2.75, 3.05) is 17.2 Å². The number of carbonyl (C=O) groups excluding carboxylic acids is 2. The Balaban J connectivity index is 1.68. The smallest absolute Gasteiger partial charge is 0.319 e. The van der Waals surface area contributed by atoms with Crippen molar-refractivity contribution in [3.63, 3.8) is 0 Å². The number of carbonyl (C=O) groups is 2. The van der Waals surface area contributed by atoms with Gasteiger partial charge in [-0.1, -0.05) is 24.3 Å². The van der Waals surface area contributed by atoms with Crippen molar-refractivity contribution in [3.05, 3.63) is 53.6 Å². The van der Waals surface area contributed by atoms with Crippen molar-refractivity contribution >= 4 is 23.3 Å². The molecule has 0 fully saturated rings. The molecule has 130 valence electrons. The van der Waals surface area contributed by atoms with Gasteiger partial charge in [0.25, 0.3) is 0 Å². The van der Waals surface area contributed by atoms with Gasteiger partial charge in [-0.3, -0.25) is 4.79 Å². The summed E-state index contributed by atoms with van der Waals surface area (Å²) in [6.45, 7) is 3.92. The predicted molar refractivity (Wildman–Crippen MR) is 96.9 cm³/mol. The van der Waals surface area contributed by atoms with Gasteiger partial charge < -0.3 is 20.7 Å². The van der Waals surface area contributed by atoms with Crippen molar-refractivity contribution in [1.29, 1.82) is 0 Å². The highest BCUT2D eigenvalue weighted by atomic mass is 16.5. The Morgan fingerprint density at radius 1 is 1.12 bits per heavy atom. The van der Waals surface area contributed by atoms with Crippen LogP contribution in [0.2, 0.25) is 0 Å².